The smallest absolute Gasteiger partial charge is 0.260 e. The predicted molar refractivity (Wildman–Crippen MR) is 116 cm³/mol. The van der Waals surface area contributed by atoms with Crippen LogP contribution in [0.2, 0.25) is 0 Å². The van der Waals surface area contributed by atoms with Crippen LogP contribution < -0.4 is 15.4 Å². The lowest BCUT2D eigenvalue weighted by Crippen LogP contribution is -2.36. The first-order valence-electron chi connectivity index (χ1n) is 9.72. The third kappa shape index (κ3) is 6.48. The second-order valence-corrected chi connectivity index (χ2v) is 6.87. The minimum absolute atomic E-state index is 0. The fraction of sp³-hybridized carbons (Fsp3) is 0.364. The molecule has 7 heteroatoms. The van der Waals surface area contributed by atoms with Crippen LogP contribution in [0.4, 0.5) is 5.69 Å². The van der Waals surface area contributed by atoms with Crippen LogP contribution >= 0.6 is 12.4 Å². The second-order valence-electron chi connectivity index (χ2n) is 6.87. The van der Waals surface area contributed by atoms with Crippen molar-refractivity contribution in [3.05, 3.63) is 60.2 Å². The van der Waals surface area contributed by atoms with Crippen LogP contribution in [0.3, 0.4) is 0 Å². The summed E-state index contributed by atoms with van der Waals surface area (Å²) < 4.78 is 5.69. The van der Waals surface area contributed by atoms with Crippen molar-refractivity contribution in [2.24, 2.45) is 5.73 Å². The lowest BCUT2D eigenvalue weighted by atomic mass is 10.2. The first-order valence-corrected chi connectivity index (χ1v) is 9.72. The van der Waals surface area contributed by atoms with Gasteiger partial charge in [0.1, 0.15) is 5.75 Å². The molecule has 0 aliphatic carbocycles. The van der Waals surface area contributed by atoms with Crippen LogP contribution in [-0.2, 0) is 16.1 Å². The molecule has 1 saturated heterocycles. The summed E-state index contributed by atoms with van der Waals surface area (Å²) in [5, 5.41) is 0. The van der Waals surface area contributed by atoms with Crippen molar-refractivity contribution in [3.8, 4) is 5.75 Å². The largest absolute Gasteiger partial charge is 0.484 e. The summed E-state index contributed by atoms with van der Waals surface area (Å²) in [5.41, 5.74) is 7.56. The molecule has 3 rings (SSSR count). The van der Waals surface area contributed by atoms with E-state index in [0.29, 0.717) is 31.8 Å². The normalized spacial score (nSPS) is 13.1. The number of ether oxygens (including phenoxy) is 1. The average Bonchev–Trinajstić information content (AvgIpc) is 3.16. The van der Waals surface area contributed by atoms with Crippen LogP contribution in [0.1, 0.15) is 24.8 Å². The molecule has 0 radical (unpaired) electrons. The summed E-state index contributed by atoms with van der Waals surface area (Å²) in [7, 11) is 0. The topological polar surface area (TPSA) is 75.9 Å². The Morgan fingerprint density at radius 3 is 2.45 bits per heavy atom. The Morgan fingerprint density at radius 2 is 1.83 bits per heavy atom. The molecule has 2 aromatic rings. The zero-order valence-corrected chi connectivity index (χ0v) is 17.3. The molecule has 6 nitrogen and oxygen atoms in total. The molecule has 0 saturated carbocycles. The molecule has 0 spiro atoms. The first-order chi connectivity index (χ1) is 13.7. The molecule has 0 atom stereocenters. The average molecular weight is 418 g/mol. The van der Waals surface area contributed by atoms with Gasteiger partial charge in [0.25, 0.3) is 5.91 Å². The van der Waals surface area contributed by atoms with E-state index >= 15 is 0 Å². The van der Waals surface area contributed by atoms with Gasteiger partial charge in [0.05, 0.1) is 0 Å². The monoisotopic (exact) mass is 417 g/mol. The van der Waals surface area contributed by atoms with E-state index in [-0.39, 0.29) is 30.8 Å². The minimum atomic E-state index is -0.0731. The van der Waals surface area contributed by atoms with Gasteiger partial charge in [-0.1, -0.05) is 30.3 Å². The molecule has 2 aromatic carbocycles. The highest BCUT2D eigenvalue weighted by molar-refractivity contribution is 5.95. The van der Waals surface area contributed by atoms with Crippen molar-refractivity contribution in [1.82, 2.24) is 4.90 Å². The van der Waals surface area contributed by atoms with E-state index in [9.17, 15) is 9.59 Å². The van der Waals surface area contributed by atoms with Gasteiger partial charge in [0.15, 0.2) is 6.61 Å². The van der Waals surface area contributed by atoms with E-state index < -0.39 is 0 Å². The van der Waals surface area contributed by atoms with Crippen LogP contribution in [0.5, 0.6) is 5.75 Å². The number of rotatable bonds is 9. The maximum Gasteiger partial charge on any atom is 0.260 e. The van der Waals surface area contributed by atoms with Gasteiger partial charge >= 0.3 is 0 Å². The van der Waals surface area contributed by atoms with Gasteiger partial charge < -0.3 is 20.3 Å². The number of nitrogens with two attached hydrogens (primary N) is 1. The molecule has 2 amide bonds. The van der Waals surface area contributed by atoms with Gasteiger partial charge in [-0.3, -0.25) is 9.59 Å². The Morgan fingerprint density at radius 1 is 1.10 bits per heavy atom. The number of nitrogens with zero attached hydrogens (tertiary/aromatic N) is 2. The van der Waals surface area contributed by atoms with Gasteiger partial charge in [-0.2, -0.15) is 0 Å². The van der Waals surface area contributed by atoms with Gasteiger partial charge in [-0.15, -0.1) is 12.4 Å². The quantitative estimate of drug-likeness (QED) is 0.680. The highest BCUT2D eigenvalue weighted by Gasteiger charge is 2.21. The minimum Gasteiger partial charge on any atom is -0.484 e. The van der Waals surface area contributed by atoms with E-state index in [0.717, 1.165) is 30.6 Å². The Kier molecular flexibility index (Phi) is 8.96. The van der Waals surface area contributed by atoms with Crippen LogP contribution in [0.15, 0.2) is 54.6 Å². The molecule has 0 bridgehead atoms. The fourth-order valence-electron chi connectivity index (χ4n) is 3.26. The van der Waals surface area contributed by atoms with Gasteiger partial charge in [-0.25, -0.2) is 0 Å². The number of carbonyl (C=O) groups excluding carboxylic acids is 2. The summed E-state index contributed by atoms with van der Waals surface area (Å²) in [4.78, 5) is 28.0. The van der Waals surface area contributed by atoms with Gasteiger partial charge in [0, 0.05) is 31.7 Å². The van der Waals surface area contributed by atoms with Crippen molar-refractivity contribution in [1.29, 1.82) is 0 Å². The third-order valence-corrected chi connectivity index (χ3v) is 4.79. The molecular weight excluding hydrogens is 390 g/mol. The Bertz CT molecular complexity index is 784. The highest BCUT2D eigenvalue weighted by Crippen LogP contribution is 2.24. The maximum absolute atomic E-state index is 12.7. The van der Waals surface area contributed by atoms with Crippen LogP contribution in [0.25, 0.3) is 0 Å². The van der Waals surface area contributed by atoms with E-state index in [4.69, 9.17) is 10.5 Å². The number of hydrogen-bond donors (Lipinski definition) is 1. The molecule has 0 aromatic heterocycles. The van der Waals surface area contributed by atoms with Crippen molar-refractivity contribution >= 4 is 29.9 Å². The number of amides is 2. The number of halogens is 1. The summed E-state index contributed by atoms with van der Waals surface area (Å²) in [6, 6.07) is 17.2. The number of anilines is 1. The lowest BCUT2D eigenvalue weighted by molar-refractivity contribution is -0.134. The lowest BCUT2D eigenvalue weighted by Gasteiger charge is -2.23. The van der Waals surface area contributed by atoms with Crippen molar-refractivity contribution < 1.29 is 14.3 Å². The van der Waals surface area contributed by atoms with E-state index in [1.54, 1.807) is 21.9 Å². The second kappa shape index (κ2) is 11.4. The highest BCUT2D eigenvalue weighted by atomic mass is 35.5. The molecule has 2 N–H and O–H groups in total. The summed E-state index contributed by atoms with van der Waals surface area (Å²) in [6.07, 6.45) is 2.25. The van der Waals surface area contributed by atoms with Crippen LogP contribution in [-0.4, -0.2) is 43.0 Å². The molecule has 1 fully saturated rings. The number of carbonyl (C=O) groups is 2. The third-order valence-electron chi connectivity index (χ3n) is 4.79. The number of benzene rings is 2. The maximum atomic E-state index is 12.7. The van der Waals surface area contributed by atoms with Crippen molar-refractivity contribution in [2.75, 3.05) is 31.1 Å². The van der Waals surface area contributed by atoms with Gasteiger partial charge in [-0.05, 0) is 49.2 Å². The van der Waals surface area contributed by atoms with Gasteiger partial charge in [0.2, 0.25) is 5.91 Å². The zero-order chi connectivity index (χ0) is 19.8. The molecule has 1 aliphatic rings. The molecule has 29 heavy (non-hydrogen) atoms. The zero-order valence-electron chi connectivity index (χ0n) is 16.5. The first kappa shape index (κ1) is 22.7. The SMILES string of the molecule is Cl.NCCCN(Cc1ccccc1)C(=O)COc1ccc(N2CCCC2=O)cc1. The molecule has 156 valence electrons. The van der Waals surface area contributed by atoms with E-state index in [1.165, 1.54) is 0 Å². The van der Waals surface area contributed by atoms with Crippen LogP contribution in [0, 0.1) is 0 Å². The predicted octanol–water partition coefficient (Wildman–Crippen LogP) is 2.99. The molecule has 0 unspecified atom stereocenters. The van der Waals surface area contributed by atoms with Crippen molar-refractivity contribution in [3.63, 3.8) is 0 Å². The standard InChI is InChI=1S/C22H27N3O3.ClH/c23-13-5-14-24(16-18-6-2-1-3-7-18)22(27)17-28-20-11-9-19(10-12-20)25-15-4-8-21(25)26;/h1-3,6-7,9-12H,4-5,8,13-17,23H2;1H. The summed E-state index contributed by atoms with van der Waals surface area (Å²) >= 11 is 0. The Hall–Kier alpha value is -2.57. The number of hydrogen-bond acceptors (Lipinski definition) is 4. The molecule has 1 heterocycles. The Labute approximate surface area is 178 Å². The van der Waals surface area contributed by atoms with E-state index in [1.807, 2.05) is 42.5 Å². The van der Waals surface area contributed by atoms with Crippen molar-refractivity contribution in [2.45, 2.75) is 25.8 Å². The molecular formula is C22H28ClN3O3. The summed E-state index contributed by atoms with van der Waals surface area (Å²) in [6.45, 7) is 2.41. The Balaban J connectivity index is 0.00000300. The summed E-state index contributed by atoms with van der Waals surface area (Å²) in [5.74, 6) is 0.693. The van der Waals surface area contributed by atoms with E-state index in [2.05, 4.69) is 0 Å². The fourth-order valence-corrected chi connectivity index (χ4v) is 3.26. The molecule has 1 aliphatic heterocycles.